The van der Waals surface area contributed by atoms with Gasteiger partial charge in [-0.1, -0.05) is 6.42 Å². The molecule has 0 radical (unpaired) electrons. The van der Waals surface area contributed by atoms with Crippen LogP contribution in [0.1, 0.15) is 38.5 Å². The summed E-state index contributed by atoms with van der Waals surface area (Å²) in [7, 11) is 2.28. The molecule has 2 fully saturated rings. The number of halogens is 1. The highest BCUT2D eigenvalue weighted by molar-refractivity contribution is 6.18. The molecule has 0 bridgehead atoms. The summed E-state index contributed by atoms with van der Waals surface area (Å²) >= 11 is 6.00. The standard InChI is InChI=1S/C13H25ClN2/c1-15-8-3-2-5-12(15)7-10-16-9-4-6-13(16)11-14/h12-13H,2-11H2,1H3. The van der Waals surface area contributed by atoms with Crippen LogP contribution in [0.3, 0.4) is 0 Å². The van der Waals surface area contributed by atoms with Gasteiger partial charge in [0.15, 0.2) is 0 Å². The molecule has 0 spiro atoms. The number of likely N-dealkylation sites (tertiary alicyclic amines) is 2. The average Bonchev–Trinajstić information content (AvgIpc) is 2.75. The minimum absolute atomic E-state index is 0.663. The Morgan fingerprint density at radius 1 is 1.06 bits per heavy atom. The van der Waals surface area contributed by atoms with Gasteiger partial charge in [0.25, 0.3) is 0 Å². The van der Waals surface area contributed by atoms with Crippen molar-refractivity contribution in [3.8, 4) is 0 Å². The Bertz CT molecular complexity index is 208. The molecule has 2 aliphatic heterocycles. The van der Waals surface area contributed by atoms with Crippen molar-refractivity contribution in [2.24, 2.45) is 0 Å². The van der Waals surface area contributed by atoms with E-state index in [0.717, 1.165) is 11.9 Å². The maximum atomic E-state index is 6.00. The van der Waals surface area contributed by atoms with Gasteiger partial charge in [-0.2, -0.15) is 0 Å². The van der Waals surface area contributed by atoms with Gasteiger partial charge in [-0.15, -0.1) is 11.6 Å². The van der Waals surface area contributed by atoms with Crippen molar-refractivity contribution in [3.63, 3.8) is 0 Å². The Balaban J connectivity index is 1.73. The first-order valence-electron chi connectivity index (χ1n) is 6.81. The first-order valence-corrected chi connectivity index (χ1v) is 7.35. The van der Waals surface area contributed by atoms with Crippen LogP contribution in [-0.4, -0.2) is 54.4 Å². The molecule has 0 aromatic rings. The van der Waals surface area contributed by atoms with Crippen LogP contribution in [0.15, 0.2) is 0 Å². The molecular weight excluding hydrogens is 220 g/mol. The Morgan fingerprint density at radius 3 is 2.62 bits per heavy atom. The van der Waals surface area contributed by atoms with Gasteiger partial charge in [0.05, 0.1) is 0 Å². The molecule has 2 rings (SSSR count). The summed E-state index contributed by atoms with van der Waals surface area (Å²) in [6.07, 6.45) is 8.20. The van der Waals surface area contributed by atoms with E-state index in [0.29, 0.717) is 6.04 Å². The maximum Gasteiger partial charge on any atom is 0.0379 e. The third kappa shape index (κ3) is 3.12. The number of rotatable bonds is 4. The summed E-state index contributed by atoms with van der Waals surface area (Å²) < 4.78 is 0. The van der Waals surface area contributed by atoms with Crippen LogP contribution in [0.4, 0.5) is 0 Å². The van der Waals surface area contributed by atoms with E-state index < -0.39 is 0 Å². The van der Waals surface area contributed by atoms with E-state index >= 15 is 0 Å². The molecule has 2 saturated heterocycles. The van der Waals surface area contributed by atoms with Crippen LogP contribution in [0.25, 0.3) is 0 Å². The van der Waals surface area contributed by atoms with Gasteiger partial charge in [-0.3, -0.25) is 4.90 Å². The second kappa shape index (κ2) is 6.23. The lowest BCUT2D eigenvalue weighted by Gasteiger charge is -2.34. The van der Waals surface area contributed by atoms with E-state index in [1.807, 2.05) is 0 Å². The Kier molecular flexibility index (Phi) is 4.93. The number of hydrogen-bond donors (Lipinski definition) is 0. The normalized spacial score (nSPS) is 33.4. The van der Waals surface area contributed by atoms with Crippen molar-refractivity contribution >= 4 is 11.6 Å². The predicted molar refractivity (Wildman–Crippen MR) is 70.2 cm³/mol. The molecule has 0 amide bonds. The summed E-state index contributed by atoms with van der Waals surface area (Å²) in [5.74, 6) is 0.820. The molecule has 0 aromatic heterocycles. The molecule has 0 saturated carbocycles. The smallest absolute Gasteiger partial charge is 0.0379 e. The van der Waals surface area contributed by atoms with Crippen LogP contribution in [0.5, 0.6) is 0 Å². The van der Waals surface area contributed by atoms with Gasteiger partial charge in [0, 0.05) is 18.0 Å². The quantitative estimate of drug-likeness (QED) is 0.702. The molecule has 0 aromatic carbocycles. The summed E-state index contributed by atoms with van der Waals surface area (Å²) in [5.41, 5.74) is 0. The number of alkyl halides is 1. The first-order chi connectivity index (χ1) is 7.81. The summed E-state index contributed by atoms with van der Waals surface area (Å²) in [5, 5.41) is 0. The fraction of sp³-hybridized carbons (Fsp3) is 1.00. The number of hydrogen-bond acceptors (Lipinski definition) is 2. The largest absolute Gasteiger partial charge is 0.303 e. The predicted octanol–water partition coefficient (Wildman–Crippen LogP) is 2.56. The maximum absolute atomic E-state index is 6.00. The average molecular weight is 245 g/mol. The van der Waals surface area contributed by atoms with E-state index in [-0.39, 0.29) is 0 Å². The topological polar surface area (TPSA) is 6.48 Å². The fourth-order valence-corrected chi connectivity index (χ4v) is 3.54. The van der Waals surface area contributed by atoms with Crippen LogP contribution in [-0.2, 0) is 0 Å². The van der Waals surface area contributed by atoms with Gasteiger partial charge >= 0.3 is 0 Å². The van der Waals surface area contributed by atoms with E-state index in [9.17, 15) is 0 Å². The lowest BCUT2D eigenvalue weighted by Crippen LogP contribution is -2.40. The minimum atomic E-state index is 0.663. The van der Waals surface area contributed by atoms with E-state index in [2.05, 4.69) is 16.8 Å². The van der Waals surface area contributed by atoms with Gasteiger partial charge in [-0.25, -0.2) is 0 Å². The van der Waals surface area contributed by atoms with E-state index in [1.165, 1.54) is 58.2 Å². The van der Waals surface area contributed by atoms with Crippen molar-refractivity contribution < 1.29 is 0 Å². The van der Waals surface area contributed by atoms with Crippen LogP contribution in [0.2, 0.25) is 0 Å². The van der Waals surface area contributed by atoms with E-state index in [4.69, 9.17) is 11.6 Å². The molecule has 3 heteroatoms. The SMILES string of the molecule is CN1CCCCC1CCN1CCCC1CCl. The molecule has 2 unspecified atom stereocenters. The monoisotopic (exact) mass is 244 g/mol. The molecule has 2 atom stereocenters. The van der Waals surface area contributed by atoms with Crippen LogP contribution < -0.4 is 0 Å². The zero-order chi connectivity index (χ0) is 11.4. The zero-order valence-electron chi connectivity index (χ0n) is 10.5. The second-order valence-corrected chi connectivity index (χ2v) is 5.71. The molecule has 94 valence electrons. The molecule has 16 heavy (non-hydrogen) atoms. The molecule has 2 aliphatic rings. The fourth-order valence-electron chi connectivity index (χ4n) is 3.19. The Morgan fingerprint density at radius 2 is 1.88 bits per heavy atom. The molecule has 0 N–H and O–H groups in total. The summed E-state index contributed by atoms with van der Waals surface area (Å²) in [4.78, 5) is 5.16. The van der Waals surface area contributed by atoms with Gasteiger partial charge < -0.3 is 4.90 Å². The second-order valence-electron chi connectivity index (χ2n) is 5.41. The van der Waals surface area contributed by atoms with Crippen molar-refractivity contribution in [1.29, 1.82) is 0 Å². The Hall–Kier alpha value is 0.210. The first kappa shape index (κ1) is 12.7. The zero-order valence-corrected chi connectivity index (χ0v) is 11.3. The van der Waals surface area contributed by atoms with Crippen LogP contribution in [0, 0.1) is 0 Å². The number of nitrogens with zero attached hydrogens (tertiary/aromatic N) is 2. The van der Waals surface area contributed by atoms with Crippen molar-refractivity contribution in [3.05, 3.63) is 0 Å². The summed E-state index contributed by atoms with van der Waals surface area (Å²) in [6.45, 7) is 3.82. The van der Waals surface area contributed by atoms with Crippen molar-refractivity contribution in [2.45, 2.75) is 50.6 Å². The molecule has 0 aliphatic carbocycles. The molecule has 2 nitrogen and oxygen atoms in total. The molecular formula is C13H25ClN2. The molecule has 2 heterocycles. The Labute approximate surface area is 105 Å². The lowest BCUT2D eigenvalue weighted by molar-refractivity contribution is 0.152. The van der Waals surface area contributed by atoms with Crippen molar-refractivity contribution in [1.82, 2.24) is 9.80 Å². The van der Waals surface area contributed by atoms with Gasteiger partial charge in [0.2, 0.25) is 0 Å². The third-order valence-corrected chi connectivity index (χ3v) is 4.70. The lowest BCUT2D eigenvalue weighted by atomic mass is 10.00. The highest BCUT2D eigenvalue weighted by atomic mass is 35.5. The highest BCUT2D eigenvalue weighted by Crippen LogP contribution is 2.22. The van der Waals surface area contributed by atoms with E-state index in [1.54, 1.807) is 0 Å². The van der Waals surface area contributed by atoms with Crippen molar-refractivity contribution in [2.75, 3.05) is 32.6 Å². The van der Waals surface area contributed by atoms with Gasteiger partial charge in [0.1, 0.15) is 0 Å². The highest BCUT2D eigenvalue weighted by Gasteiger charge is 2.25. The van der Waals surface area contributed by atoms with Crippen LogP contribution >= 0.6 is 11.6 Å². The van der Waals surface area contributed by atoms with Gasteiger partial charge in [-0.05, 0) is 58.8 Å². The summed E-state index contributed by atoms with van der Waals surface area (Å²) in [6, 6.07) is 1.49. The minimum Gasteiger partial charge on any atom is -0.303 e. The number of piperidine rings is 1. The third-order valence-electron chi connectivity index (χ3n) is 4.35.